The van der Waals surface area contributed by atoms with Gasteiger partial charge in [-0.1, -0.05) is 20.3 Å². The van der Waals surface area contributed by atoms with Crippen LogP contribution < -0.4 is 0 Å². The molecule has 1 unspecified atom stereocenters. The normalized spacial score (nSPS) is 13.0. The second-order valence-electron chi connectivity index (χ2n) is 3.08. The molecule has 0 aromatic rings. The van der Waals surface area contributed by atoms with Crippen LogP contribution in [0.25, 0.3) is 0 Å². The monoisotopic (exact) mass is 158 g/mol. The molecule has 2 nitrogen and oxygen atoms in total. The molecule has 66 valence electrons. The molecule has 0 radical (unpaired) electrons. The summed E-state index contributed by atoms with van der Waals surface area (Å²) in [5, 5.41) is 8.45. The van der Waals surface area contributed by atoms with E-state index in [-0.39, 0.29) is 12.4 Å². The van der Waals surface area contributed by atoms with E-state index in [2.05, 4.69) is 13.8 Å². The van der Waals surface area contributed by atoms with Crippen LogP contribution in [0.15, 0.2) is 0 Å². The molecule has 0 fully saturated rings. The fraction of sp³-hybridized carbons (Fsp3) is 0.889. The second kappa shape index (κ2) is 6.35. The van der Waals surface area contributed by atoms with Gasteiger partial charge >= 0.3 is 0 Å². The van der Waals surface area contributed by atoms with Crippen molar-refractivity contribution in [1.29, 1.82) is 0 Å². The number of hydrogen-bond donors (Lipinski definition) is 1. The average molecular weight is 158 g/mol. The van der Waals surface area contributed by atoms with E-state index in [1.54, 1.807) is 0 Å². The Kier molecular flexibility index (Phi) is 6.13. The van der Waals surface area contributed by atoms with Gasteiger partial charge in [0.2, 0.25) is 0 Å². The Bertz CT molecular complexity index is 110. The van der Waals surface area contributed by atoms with Gasteiger partial charge in [-0.25, -0.2) is 0 Å². The third-order valence-corrected chi connectivity index (χ3v) is 1.89. The Morgan fingerprint density at radius 2 is 2.18 bits per heavy atom. The minimum absolute atomic E-state index is 0.131. The standard InChI is InChI=1S/C9H18O2/c1-3-8(2)7-9(11)5-4-6-10/h8,10H,3-7H2,1-2H3. The average Bonchev–Trinajstić information content (AvgIpc) is 2.00. The topological polar surface area (TPSA) is 37.3 Å². The molecule has 11 heavy (non-hydrogen) atoms. The number of rotatable bonds is 6. The summed E-state index contributed by atoms with van der Waals surface area (Å²) in [6.45, 7) is 4.30. The third kappa shape index (κ3) is 6.05. The Hall–Kier alpha value is -0.370. The molecular weight excluding hydrogens is 140 g/mol. The number of ketones is 1. The quantitative estimate of drug-likeness (QED) is 0.639. The first kappa shape index (κ1) is 10.6. The number of carbonyl (C=O) groups excluding carboxylic acids is 1. The fourth-order valence-corrected chi connectivity index (χ4v) is 0.911. The number of Topliss-reactive ketones (excluding diaryl/α,β-unsaturated/α-hetero) is 1. The molecule has 0 aliphatic rings. The molecule has 0 rings (SSSR count). The molecule has 1 N–H and O–H groups in total. The van der Waals surface area contributed by atoms with Gasteiger partial charge in [-0.3, -0.25) is 4.79 Å². The van der Waals surface area contributed by atoms with Crippen LogP contribution in [0.1, 0.15) is 39.5 Å². The van der Waals surface area contributed by atoms with E-state index in [4.69, 9.17) is 5.11 Å². The molecule has 0 aliphatic heterocycles. The minimum atomic E-state index is 0.131. The van der Waals surface area contributed by atoms with Crippen molar-refractivity contribution in [1.82, 2.24) is 0 Å². The Morgan fingerprint density at radius 1 is 1.55 bits per heavy atom. The highest BCUT2D eigenvalue weighted by Gasteiger charge is 2.05. The first-order valence-corrected chi connectivity index (χ1v) is 4.33. The molecule has 0 aromatic heterocycles. The molecule has 2 heteroatoms. The lowest BCUT2D eigenvalue weighted by Gasteiger charge is -2.05. The van der Waals surface area contributed by atoms with E-state index in [9.17, 15) is 4.79 Å². The number of hydrogen-bond acceptors (Lipinski definition) is 2. The minimum Gasteiger partial charge on any atom is -0.396 e. The van der Waals surface area contributed by atoms with Crippen molar-refractivity contribution in [2.75, 3.05) is 6.61 Å². The molecule has 0 heterocycles. The maximum Gasteiger partial charge on any atom is 0.133 e. The Labute approximate surface area is 68.6 Å². The lowest BCUT2D eigenvalue weighted by atomic mass is 10.00. The van der Waals surface area contributed by atoms with Gasteiger partial charge in [0.25, 0.3) is 0 Å². The van der Waals surface area contributed by atoms with Crippen molar-refractivity contribution in [2.45, 2.75) is 39.5 Å². The summed E-state index contributed by atoms with van der Waals surface area (Å²) in [6.07, 6.45) is 2.90. The van der Waals surface area contributed by atoms with Gasteiger partial charge < -0.3 is 5.11 Å². The van der Waals surface area contributed by atoms with Crippen LogP contribution in [0.4, 0.5) is 0 Å². The van der Waals surface area contributed by atoms with Crippen molar-refractivity contribution >= 4 is 5.78 Å². The zero-order valence-corrected chi connectivity index (χ0v) is 7.47. The second-order valence-corrected chi connectivity index (χ2v) is 3.08. The highest BCUT2D eigenvalue weighted by Crippen LogP contribution is 2.08. The lowest BCUT2D eigenvalue weighted by Crippen LogP contribution is -2.05. The zero-order valence-electron chi connectivity index (χ0n) is 7.47. The first-order chi connectivity index (χ1) is 5.20. The van der Waals surface area contributed by atoms with E-state index < -0.39 is 0 Å². The van der Waals surface area contributed by atoms with E-state index in [0.717, 1.165) is 6.42 Å². The van der Waals surface area contributed by atoms with Crippen molar-refractivity contribution in [3.05, 3.63) is 0 Å². The van der Waals surface area contributed by atoms with Gasteiger partial charge in [0.15, 0.2) is 0 Å². The van der Waals surface area contributed by atoms with Crippen LogP contribution in [0.5, 0.6) is 0 Å². The maximum atomic E-state index is 11.1. The Morgan fingerprint density at radius 3 is 2.64 bits per heavy atom. The third-order valence-electron chi connectivity index (χ3n) is 1.89. The van der Waals surface area contributed by atoms with Gasteiger partial charge in [-0.15, -0.1) is 0 Å². The van der Waals surface area contributed by atoms with E-state index in [1.807, 2.05) is 0 Å². The molecular formula is C9H18O2. The van der Waals surface area contributed by atoms with Crippen molar-refractivity contribution in [2.24, 2.45) is 5.92 Å². The van der Waals surface area contributed by atoms with Crippen LogP contribution in [-0.2, 0) is 4.79 Å². The predicted molar refractivity (Wildman–Crippen MR) is 45.4 cm³/mol. The molecule has 0 bridgehead atoms. The van der Waals surface area contributed by atoms with Crippen LogP contribution in [0.2, 0.25) is 0 Å². The number of carbonyl (C=O) groups is 1. The van der Waals surface area contributed by atoms with Gasteiger partial charge in [-0.2, -0.15) is 0 Å². The number of aliphatic hydroxyl groups excluding tert-OH is 1. The van der Waals surface area contributed by atoms with Crippen LogP contribution >= 0.6 is 0 Å². The van der Waals surface area contributed by atoms with Gasteiger partial charge in [-0.05, 0) is 12.3 Å². The summed E-state index contributed by atoms with van der Waals surface area (Å²) in [7, 11) is 0. The summed E-state index contributed by atoms with van der Waals surface area (Å²) in [5.74, 6) is 0.787. The summed E-state index contributed by atoms with van der Waals surface area (Å²) < 4.78 is 0. The Balaban J connectivity index is 3.36. The van der Waals surface area contributed by atoms with Gasteiger partial charge in [0.05, 0.1) is 0 Å². The molecule has 0 aliphatic carbocycles. The van der Waals surface area contributed by atoms with Crippen LogP contribution in [-0.4, -0.2) is 17.5 Å². The van der Waals surface area contributed by atoms with Gasteiger partial charge in [0.1, 0.15) is 5.78 Å². The van der Waals surface area contributed by atoms with E-state index >= 15 is 0 Å². The molecule has 0 amide bonds. The molecule has 0 saturated carbocycles. The maximum absolute atomic E-state index is 11.1. The summed E-state index contributed by atoms with van der Waals surface area (Å²) in [4.78, 5) is 11.1. The molecule has 0 aromatic carbocycles. The number of aliphatic hydroxyl groups is 1. The van der Waals surface area contributed by atoms with Crippen molar-refractivity contribution in [3.8, 4) is 0 Å². The predicted octanol–water partition coefficient (Wildman–Crippen LogP) is 1.76. The lowest BCUT2D eigenvalue weighted by molar-refractivity contribution is -0.120. The fourth-order valence-electron chi connectivity index (χ4n) is 0.911. The zero-order chi connectivity index (χ0) is 8.69. The van der Waals surface area contributed by atoms with Crippen LogP contribution in [0, 0.1) is 5.92 Å². The largest absolute Gasteiger partial charge is 0.396 e. The van der Waals surface area contributed by atoms with Gasteiger partial charge in [0, 0.05) is 19.4 Å². The first-order valence-electron chi connectivity index (χ1n) is 4.33. The summed E-state index contributed by atoms with van der Waals surface area (Å²) in [6, 6.07) is 0. The highest BCUT2D eigenvalue weighted by molar-refractivity contribution is 5.78. The summed E-state index contributed by atoms with van der Waals surface area (Å²) >= 11 is 0. The van der Waals surface area contributed by atoms with E-state index in [1.165, 1.54) is 0 Å². The molecule has 0 spiro atoms. The van der Waals surface area contributed by atoms with E-state index in [0.29, 0.717) is 25.2 Å². The molecule has 0 saturated heterocycles. The summed E-state index contributed by atoms with van der Waals surface area (Å²) in [5.41, 5.74) is 0. The highest BCUT2D eigenvalue weighted by atomic mass is 16.3. The SMILES string of the molecule is CCC(C)CC(=O)CCCO. The van der Waals surface area contributed by atoms with Crippen LogP contribution in [0.3, 0.4) is 0 Å². The molecule has 1 atom stereocenters. The smallest absolute Gasteiger partial charge is 0.133 e. The van der Waals surface area contributed by atoms with Crippen molar-refractivity contribution < 1.29 is 9.90 Å². The van der Waals surface area contributed by atoms with Crippen molar-refractivity contribution in [3.63, 3.8) is 0 Å².